The summed E-state index contributed by atoms with van der Waals surface area (Å²) in [6.45, 7) is 9.12. The Morgan fingerprint density at radius 1 is 1.16 bits per heavy atom. The molecule has 1 N–H and O–H groups in total. The Labute approximate surface area is 150 Å². The minimum atomic E-state index is -0.461. The molecule has 0 aliphatic carbocycles. The molecule has 138 valence electrons. The van der Waals surface area contributed by atoms with Gasteiger partial charge in [-0.2, -0.15) is 0 Å². The molecular formula is C20H30N2O3. The molecule has 0 saturated carbocycles. The van der Waals surface area contributed by atoms with E-state index in [-0.39, 0.29) is 18.0 Å². The van der Waals surface area contributed by atoms with Gasteiger partial charge in [0.1, 0.15) is 0 Å². The molecule has 2 heterocycles. The molecular weight excluding hydrogens is 316 g/mol. The summed E-state index contributed by atoms with van der Waals surface area (Å²) in [5.41, 5.74) is 1.25. The Morgan fingerprint density at radius 2 is 1.76 bits per heavy atom. The fraction of sp³-hybridized carbons (Fsp3) is 0.650. The van der Waals surface area contributed by atoms with Gasteiger partial charge in [-0.1, -0.05) is 37.3 Å². The maximum Gasteiger partial charge on any atom is 0.317 e. The van der Waals surface area contributed by atoms with Crippen LogP contribution in [0.4, 0.5) is 4.79 Å². The van der Waals surface area contributed by atoms with Gasteiger partial charge < -0.3 is 19.7 Å². The van der Waals surface area contributed by atoms with Crippen molar-refractivity contribution in [1.82, 2.24) is 10.2 Å². The number of carbonyl (C=O) groups is 1. The van der Waals surface area contributed by atoms with Gasteiger partial charge in [0, 0.05) is 31.0 Å². The molecule has 2 saturated heterocycles. The van der Waals surface area contributed by atoms with Crippen molar-refractivity contribution < 1.29 is 14.3 Å². The molecule has 0 spiro atoms. The third-order valence-electron chi connectivity index (χ3n) is 5.81. The molecule has 0 unspecified atom stereocenters. The fourth-order valence-corrected chi connectivity index (χ4v) is 3.83. The topological polar surface area (TPSA) is 50.8 Å². The SMILES string of the molecule is C[C@H](NC(=O)N1CCC(C2(C)OCCO2)CC1)[C@H](C)c1ccccc1. The van der Waals surface area contributed by atoms with Gasteiger partial charge >= 0.3 is 6.03 Å². The quantitative estimate of drug-likeness (QED) is 0.909. The van der Waals surface area contributed by atoms with Crippen LogP contribution in [0.5, 0.6) is 0 Å². The van der Waals surface area contributed by atoms with Crippen LogP contribution in [0.2, 0.25) is 0 Å². The maximum atomic E-state index is 12.6. The predicted molar refractivity (Wildman–Crippen MR) is 97.5 cm³/mol. The number of amides is 2. The summed E-state index contributed by atoms with van der Waals surface area (Å²) < 4.78 is 11.6. The van der Waals surface area contributed by atoms with E-state index in [1.165, 1.54) is 5.56 Å². The summed E-state index contributed by atoms with van der Waals surface area (Å²) in [5.74, 6) is 0.180. The number of nitrogens with zero attached hydrogens (tertiary/aromatic N) is 1. The first-order chi connectivity index (χ1) is 12.0. The molecule has 2 aliphatic rings. The zero-order valence-electron chi connectivity index (χ0n) is 15.5. The van der Waals surface area contributed by atoms with E-state index in [1.54, 1.807) is 0 Å². The van der Waals surface area contributed by atoms with Gasteiger partial charge in [0.25, 0.3) is 0 Å². The number of carbonyl (C=O) groups excluding carboxylic acids is 1. The Bertz CT molecular complexity index is 564. The monoisotopic (exact) mass is 346 g/mol. The van der Waals surface area contributed by atoms with Gasteiger partial charge in [-0.05, 0) is 32.3 Å². The molecule has 0 aromatic heterocycles. The van der Waals surface area contributed by atoms with Crippen molar-refractivity contribution in [2.24, 2.45) is 5.92 Å². The molecule has 3 rings (SSSR count). The highest BCUT2D eigenvalue weighted by atomic mass is 16.7. The van der Waals surface area contributed by atoms with E-state index in [9.17, 15) is 4.79 Å². The van der Waals surface area contributed by atoms with Gasteiger partial charge in [0.05, 0.1) is 13.2 Å². The molecule has 2 fully saturated rings. The lowest BCUT2D eigenvalue weighted by Crippen LogP contribution is -2.51. The molecule has 0 bridgehead atoms. The number of rotatable bonds is 4. The molecule has 2 aliphatic heterocycles. The van der Waals surface area contributed by atoms with Gasteiger partial charge in [-0.25, -0.2) is 4.79 Å². The van der Waals surface area contributed by atoms with Gasteiger partial charge in [0.2, 0.25) is 0 Å². The first-order valence-electron chi connectivity index (χ1n) is 9.38. The molecule has 1 aromatic carbocycles. The molecule has 5 nitrogen and oxygen atoms in total. The highest BCUT2D eigenvalue weighted by molar-refractivity contribution is 5.74. The van der Waals surface area contributed by atoms with Crippen molar-refractivity contribution in [2.45, 2.75) is 51.4 Å². The third kappa shape index (κ3) is 4.15. The first kappa shape index (κ1) is 18.2. The molecule has 0 radical (unpaired) electrons. The minimum Gasteiger partial charge on any atom is -0.348 e. The van der Waals surface area contributed by atoms with Crippen LogP contribution in [0, 0.1) is 5.92 Å². The van der Waals surface area contributed by atoms with Crippen LogP contribution >= 0.6 is 0 Å². The van der Waals surface area contributed by atoms with Crippen LogP contribution in [-0.4, -0.2) is 49.1 Å². The number of hydrogen-bond acceptors (Lipinski definition) is 3. The molecule has 2 amide bonds. The number of ether oxygens (including phenoxy) is 2. The van der Waals surface area contributed by atoms with Crippen LogP contribution in [0.15, 0.2) is 30.3 Å². The fourth-order valence-electron chi connectivity index (χ4n) is 3.83. The number of benzene rings is 1. The van der Waals surface area contributed by atoms with E-state index in [0.29, 0.717) is 19.1 Å². The number of nitrogens with one attached hydrogen (secondary N) is 1. The smallest absolute Gasteiger partial charge is 0.317 e. The Hall–Kier alpha value is -1.59. The maximum absolute atomic E-state index is 12.6. The normalized spacial score (nSPS) is 23.2. The summed E-state index contributed by atoms with van der Waals surface area (Å²) in [4.78, 5) is 14.5. The predicted octanol–water partition coefficient (Wildman–Crippen LogP) is 3.36. The van der Waals surface area contributed by atoms with Gasteiger partial charge in [0.15, 0.2) is 5.79 Å². The average molecular weight is 346 g/mol. The second kappa shape index (κ2) is 7.75. The van der Waals surface area contributed by atoms with Gasteiger partial charge in [-0.3, -0.25) is 0 Å². The Morgan fingerprint density at radius 3 is 2.36 bits per heavy atom. The zero-order valence-corrected chi connectivity index (χ0v) is 15.5. The van der Waals surface area contributed by atoms with Crippen LogP contribution in [0.25, 0.3) is 0 Å². The van der Waals surface area contributed by atoms with E-state index >= 15 is 0 Å². The first-order valence-corrected chi connectivity index (χ1v) is 9.38. The van der Waals surface area contributed by atoms with E-state index in [0.717, 1.165) is 25.9 Å². The van der Waals surface area contributed by atoms with E-state index in [1.807, 2.05) is 30.0 Å². The number of piperidine rings is 1. The zero-order chi connectivity index (χ0) is 17.9. The van der Waals surface area contributed by atoms with Crippen molar-refractivity contribution in [3.8, 4) is 0 Å². The Balaban J connectivity index is 1.49. The summed E-state index contributed by atoms with van der Waals surface area (Å²) in [5, 5.41) is 3.17. The van der Waals surface area contributed by atoms with Crippen molar-refractivity contribution in [3.63, 3.8) is 0 Å². The lowest BCUT2D eigenvalue weighted by Gasteiger charge is -2.39. The third-order valence-corrected chi connectivity index (χ3v) is 5.81. The number of hydrogen-bond donors (Lipinski definition) is 1. The van der Waals surface area contributed by atoms with Crippen molar-refractivity contribution in [1.29, 1.82) is 0 Å². The lowest BCUT2D eigenvalue weighted by molar-refractivity contribution is -0.189. The molecule has 5 heteroatoms. The number of likely N-dealkylation sites (tertiary alicyclic amines) is 1. The largest absolute Gasteiger partial charge is 0.348 e. The van der Waals surface area contributed by atoms with Crippen molar-refractivity contribution in [2.75, 3.05) is 26.3 Å². The second-order valence-electron chi connectivity index (χ2n) is 7.41. The summed E-state index contributed by atoms with van der Waals surface area (Å²) >= 11 is 0. The van der Waals surface area contributed by atoms with E-state index in [4.69, 9.17) is 9.47 Å². The molecule has 25 heavy (non-hydrogen) atoms. The van der Waals surface area contributed by atoms with Gasteiger partial charge in [-0.15, -0.1) is 0 Å². The average Bonchev–Trinajstić information content (AvgIpc) is 3.09. The highest BCUT2D eigenvalue weighted by Gasteiger charge is 2.41. The number of urea groups is 1. The lowest BCUT2D eigenvalue weighted by atomic mass is 9.89. The van der Waals surface area contributed by atoms with Crippen LogP contribution in [-0.2, 0) is 9.47 Å². The van der Waals surface area contributed by atoms with E-state index in [2.05, 4.69) is 31.3 Å². The molecule has 2 atom stereocenters. The summed E-state index contributed by atoms with van der Waals surface area (Å²) in [6.07, 6.45) is 1.85. The molecule has 1 aromatic rings. The van der Waals surface area contributed by atoms with Crippen LogP contribution in [0.3, 0.4) is 0 Å². The minimum absolute atomic E-state index is 0.0344. The van der Waals surface area contributed by atoms with Crippen molar-refractivity contribution >= 4 is 6.03 Å². The van der Waals surface area contributed by atoms with Crippen molar-refractivity contribution in [3.05, 3.63) is 35.9 Å². The van der Waals surface area contributed by atoms with Crippen LogP contribution < -0.4 is 5.32 Å². The highest BCUT2D eigenvalue weighted by Crippen LogP contribution is 2.35. The van der Waals surface area contributed by atoms with E-state index < -0.39 is 5.79 Å². The summed E-state index contributed by atoms with van der Waals surface area (Å²) in [6, 6.07) is 10.4. The van der Waals surface area contributed by atoms with Crippen LogP contribution in [0.1, 0.15) is 45.1 Å². The second-order valence-corrected chi connectivity index (χ2v) is 7.41. The Kier molecular flexibility index (Phi) is 5.64. The standard InChI is InChI=1S/C20H30N2O3/c1-15(17-7-5-4-6-8-17)16(2)21-19(23)22-11-9-18(10-12-22)20(3)24-13-14-25-20/h4-8,15-16,18H,9-14H2,1-3H3,(H,21,23)/t15-,16-/m0/s1. The summed E-state index contributed by atoms with van der Waals surface area (Å²) in [7, 11) is 0.